The van der Waals surface area contributed by atoms with Gasteiger partial charge in [0.15, 0.2) is 0 Å². The number of carbonyl (C=O) groups excluding carboxylic acids is 1. The molecule has 110 valence electrons. The first-order valence-electron chi connectivity index (χ1n) is 7.41. The van der Waals surface area contributed by atoms with Gasteiger partial charge in [0, 0.05) is 19.1 Å². The number of nitrogens with two attached hydrogens (primary N) is 1. The Morgan fingerprint density at radius 2 is 2.19 bits per heavy atom. The zero-order valence-electron chi connectivity index (χ0n) is 12.0. The molecule has 2 heterocycles. The van der Waals surface area contributed by atoms with Crippen LogP contribution in [0.4, 0.5) is 0 Å². The van der Waals surface area contributed by atoms with Crippen molar-refractivity contribution in [1.82, 2.24) is 10.2 Å². The minimum atomic E-state index is -1.03. The lowest BCUT2D eigenvalue weighted by molar-refractivity contribution is -0.124. The van der Waals surface area contributed by atoms with Crippen molar-refractivity contribution in [3.05, 3.63) is 35.9 Å². The van der Waals surface area contributed by atoms with Gasteiger partial charge in [-0.3, -0.25) is 9.69 Å². The van der Waals surface area contributed by atoms with Crippen LogP contribution in [0.15, 0.2) is 30.3 Å². The Morgan fingerprint density at radius 3 is 2.90 bits per heavy atom. The zero-order chi connectivity index (χ0) is 14.9. The van der Waals surface area contributed by atoms with E-state index in [-0.39, 0.29) is 17.9 Å². The summed E-state index contributed by atoms with van der Waals surface area (Å²) in [5.41, 5.74) is 6.15. The van der Waals surface area contributed by atoms with Gasteiger partial charge >= 0.3 is 0 Å². The summed E-state index contributed by atoms with van der Waals surface area (Å²) in [6, 6.07) is 11.9. The molecule has 3 atom stereocenters. The van der Waals surface area contributed by atoms with Gasteiger partial charge in [-0.1, -0.05) is 30.3 Å². The van der Waals surface area contributed by atoms with Crippen LogP contribution < -0.4 is 11.1 Å². The molecule has 5 heteroatoms. The number of nitrogens with one attached hydrogen (secondary N) is 1. The fourth-order valence-corrected chi connectivity index (χ4v) is 3.48. The van der Waals surface area contributed by atoms with Gasteiger partial charge in [0.25, 0.3) is 0 Å². The standard InChI is InChI=1S/C16H20N4O/c17-10-16(18,12-5-2-1-3-6-12)11-20-8-4-7-13-14(20)9-19-15(13)21/h1-3,5-6,13-14H,4,7-9,11,18H2,(H,19,21). The minimum Gasteiger partial charge on any atom is -0.354 e. The highest BCUT2D eigenvalue weighted by molar-refractivity contribution is 5.82. The van der Waals surface area contributed by atoms with Gasteiger partial charge in [0.2, 0.25) is 5.91 Å². The van der Waals surface area contributed by atoms with E-state index in [1.54, 1.807) is 0 Å². The predicted octanol–water partition coefficient (Wildman–Crippen LogP) is 0.575. The first-order valence-corrected chi connectivity index (χ1v) is 7.41. The number of hydrogen-bond donors (Lipinski definition) is 2. The molecule has 0 radical (unpaired) electrons. The van der Waals surface area contributed by atoms with Crippen LogP contribution in [0, 0.1) is 17.2 Å². The van der Waals surface area contributed by atoms with E-state index in [4.69, 9.17) is 5.73 Å². The summed E-state index contributed by atoms with van der Waals surface area (Å²) in [7, 11) is 0. The molecule has 5 nitrogen and oxygen atoms in total. The molecule has 0 aliphatic carbocycles. The van der Waals surface area contributed by atoms with Crippen LogP contribution in [0.25, 0.3) is 0 Å². The SMILES string of the molecule is N#CC(N)(CN1CCCC2C(=O)NCC21)c1ccccc1. The van der Waals surface area contributed by atoms with Crippen LogP contribution in [0.5, 0.6) is 0 Å². The fraction of sp³-hybridized carbons (Fsp3) is 0.500. The molecule has 1 amide bonds. The van der Waals surface area contributed by atoms with Gasteiger partial charge in [-0.2, -0.15) is 5.26 Å². The second kappa shape index (κ2) is 5.47. The van der Waals surface area contributed by atoms with Crippen LogP contribution in [0.3, 0.4) is 0 Å². The van der Waals surface area contributed by atoms with Crippen molar-refractivity contribution in [3.8, 4) is 6.07 Å². The molecule has 3 N–H and O–H groups in total. The van der Waals surface area contributed by atoms with Crippen LogP contribution in [-0.2, 0) is 10.3 Å². The first-order chi connectivity index (χ1) is 10.1. The average molecular weight is 284 g/mol. The highest BCUT2D eigenvalue weighted by atomic mass is 16.2. The third-order valence-electron chi connectivity index (χ3n) is 4.66. The number of nitriles is 1. The van der Waals surface area contributed by atoms with Gasteiger partial charge in [-0.05, 0) is 24.9 Å². The summed E-state index contributed by atoms with van der Waals surface area (Å²) in [5, 5.41) is 12.5. The van der Waals surface area contributed by atoms with Gasteiger partial charge in [-0.15, -0.1) is 0 Å². The second-order valence-corrected chi connectivity index (χ2v) is 5.98. The molecule has 2 fully saturated rings. The Hall–Kier alpha value is -1.90. The van der Waals surface area contributed by atoms with Crippen molar-refractivity contribution < 1.29 is 4.79 Å². The number of piperidine rings is 1. The molecule has 0 aromatic heterocycles. The Morgan fingerprint density at radius 1 is 1.43 bits per heavy atom. The molecule has 0 bridgehead atoms. The first kappa shape index (κ1) is 14.1. The molecule has 0 spiro atoms. The Labute approximate surface area is 124 Å². The van der Waals surface area contributed by atoms with Crippen molar-refractivity contribution >= 4 is 5.91 Å². The molecular weight excluding hydrogens is 264 g/mol. The number of carbonyl (C=O) groups is 1. The van der Waals surface area contributed by atoms with E-state index in [9.17, 15) is 10.1 Å². The molecule has 1 aromatic carbocycles. The number of nitrogens with zero attached hydrogens (tertiary/aromatic N) is 2. The molecule has 2 aliphatic heterocycles. The summed E-state index contributed by atoms with van der Waals surface area (Å²) in [5.74, 6) is 0.196. The van der Waals surface area contributed by atoms with Crippen molar-refractivity contribution in [2.45, 2.75) is 24.4 Å². The van der Waals surface area contributed by atoms with E-state index in [0.29, 0.717) is 13.1 Å². The van der Waals surface area contributed by atoms with E-state index in [0.717, 1.165) is 24.9 Å². The largest absolute Gasteiger partial charge is 0.354 e. The van der Waals surface area contributed by atoms with Crippen molar-refractivity contribution in [3.63, 3.8) is 0 Å². The third-order valence-corrected chi connectivity index (χ3v) is 4.66. The normalized spacial score (nSPS) is 28.3. The number of benzene rings is 1. The van der Waals surface area contributed by atoms with Crippen molar-refractivity contribution in [1.29, 1.82) is 5.26 Å². The predicted molar refractivity (Wildman–Crippen MR) is 79.0 cm³/mol. The Balaban J connectivity index is 1.81. The maximum absolute atomic E-state index is 11.8. The van der Waals surface area contributed by atoms with E-state index in [1.165, 1.54) is 0 Å². The summed E-state index contributed by atoms with van der Waals surface area (Å²) in [6.07, 6.45) is 1.91. The Bertz CT molecular complexity index is 567. The highest BCUT2D eigenvalue weighted by Gasteiger charge is 2.43. The fourth-order valence-electron chi connectivity index (χ4n) is 3.48. The molecule has 3 rings (SSSR count). The maximum Gasteiger partial charge on any atom is 0.224 e. The van der Waals surface area contributed by atoms with E-state index < -0.39 is 5.54 Å². The molecule has 1 aromatic rings. The van der Waals surface area contributed by atoms with Crippen LogP contribution in [0.2, 0.25) is 0 Å². The smallest absolute Gasteiger partial charge is 0.224 e. The van der Waals surface area contributed by atoms with E-state index in [2.05, 4.69) is 16.3 Å². The number of likely N-dealkylation sites (tertiary alicyclic amines) is 1. The van der Waals surface area contributed by atoms with Gasteiger partial charge < -0.3 is 11.1 Å². The molecule has 2 aliphatic rings. The maximum atomic E-state index is 11.8. The van der Waals surface area contributed by atoms with Crippen LogP contribution >= 0.6 is 0 Å². The number of hydrogen-bond acceptors (Lipinski definition) is 4. The van der Waals surface area contributed by atoms with Gasteiger partial charge in [0.05, 0.1) is 12.0 Å². The minimum absolute atomic E-state index is 0.0532. The zero-order valence-corrected chi connectivity index (χ0v) is 12.0. The number of rotatable bonds is 3. The molecule has 21 heavy (non-hydrogen) atoms. The second-order valence-electron chi connectivity index (χ2n) is 5.98. The lowest BCUT2D eigenvalue weighted by atomic mass is 9.87. The van der Waals surface area contributed by atoms with E-state index in [1.807, 2.05) is 30.3 Å². The summed E-state index contributed by atoms with van der Waals surface area (Å²) in [6.45, 7) is 2.02. The van der Waals surface area contributed by atoms with Gasteiger partial charge in [-0.25, -0.2) is 0 Å². The molecular formula is C16H20N4O. The lowest BCUT2D eigenvalue weighted by Crippen LogP contribution is -2.54. The van der Waals surface area contributed by atoms with Crippen LogP contribution in [-0.4, -0.2) is 36.5 Å². The molecule has 3 unspecified atom stereocenters. The van der Waals surface area contributed by atoms with Gasteiger partial charge in [0.1, 0.15) is 5.54 Å². The summed E-state index contributed by atoms with van der Waals surface area (Å²) < 4.78 is 0. The topological polar surface area (TPSA) is 82.2 Å². The highest BCUT2D eigenvalue weighted by Crippen LogP contribution is 2.30. The number of fused-ring (bicyclic) bond motifs is 1. The molecule has 0 saturated carbocycles. The third kappa shape index (κ3) is 2.53. The number of amides is 1. The lowest BCUT2D eigenvalue weighted by Gasteiger charge is -2.39. The molecule has 2 saturated heterocycles. The summed E-state index contributed by atoms with van der Waals surface area (Å²) >= 11 is 0. The summed E-state index contributed by atoms with van der Waals surface area (Å²) in [4.78, 5) is 14.0. The van der Waals surface area contributed by atoms with Crippen molar-refractivity contribution in [2.24, 2.45) is 11.7 Å². The van der Waals surface area contributed by atoms with E-state index >= 15 is 0 Å². The average Bonchev–Trinajstić information content (AvgIpc) is 2.91. The van der Waals surface area contributed by atoms with Crippen LogP contribution in [0.1, 0.15) is 18.4 Å². The quantitative estimate of drug-likeness (QED) is 0.850. The van der Waals surface area contributed by atoms with Crippen molar-refractivity contribution in [2.75, 3.05) is 19.6 Å². The Kier molecular flexibility index (Phi) is 3.66. The monoisotopic (exact) mass is 284 g/mol.